The van der Waals surface area contributed by atoms with Gasteiger partial charge in [0, 0.05) is 11.6 Å². The zero-order valence-corrected chi connectivity index (χ0v) is 9.95. The van der Waals surface area contributed by atoms with Gasteiger partial charge in [-0.3, -0.25) is 0 Å². The Bertz CT molecular complexity index is 352. The third-order valence-electron chi connectivity index (χ3n) is 2.90. The molecule has 1 aromatic rings. The molecule has 3 heteroatoms. The predicted octanol–water partition coefficient (Wildman–Crippen LogP) is 2.52. The van der Waals surface area contributed by atoms with Crippen molar-refractivity contribution in [2.75, 3.05) is 20.3 Å². The molecule has 0 bridgehead atoms. The van der Waals surface area contributed by atoms with E-state index in [-0.39, 0.29) is 0 Å². The highest BCUT2D eigenvalue weighted by atomic mass is 16.6. The first-order valence-corrected chi connectivity index (χ1v) is 5.92. The molecular formula is C13H19NO2. The van der Waals surface area contributed by atoms with E-state index in [0.29, 0.717) is 19.3 Å². The predicted molar refractivity (Wildman–Crippen MR) is 64.1 cm³/mol. The molecule has 1 aliphatic heterocycles. The second-order valence-electron chi connectivity index (χ2n) is 4.00. The molecule has 1 atom stereocenters. The van der Waals surface area contributed by atoms with Crippen molar-refractivity contribution in [1.29, 1.82) is 0 Å². The Hall–Kier alpha value is -1.22. The second-order valence-corrected chi connectivity index (χ2v) is 4.00. The van der Waals surface area contributed by atoms with E-state index < -0.39 is 0 Å². The van der Waals surface area contributed by atoms with Crippen LogP contribution in [0.5, 0.6) is 11.5 Å². The first-order chi connectivity index (χ1) is 7.86. The molecule has 16 heavy (non-hydrogen) atoms. The molecule has 0 amide bonds. The quantitative estimate of drug-likeness (QED) is 0.847. The van der Waals surface area contributed by atoms with Gasteiger partial charge in [0.25, 0.3) is 0 Å². The lowest BCUT2D eigenvalue weighted by molar-refractivity contribution is 0.168. The molecule has 1 unspecified atom stereocenters. The number of nitrogens with one attached hydrogen (secondary N) is 1. The van der Waals surface area contributed by atoms with Gasteiger partial charge in [-0.25, -0.2) is 0 Å². The summed E-state index contributed by atoms with van der Waals surface area (Å²) < 4.78 is 11.3. The van der Waals surface area contributed by atoms with Gasteiger partial charge in [0.1, 0.15) is 13.2 Å². The van der Waals surface area contributed by atoms with Gasteiger partial charge in [-0.1, -0.05) is 25.5 Å². The fourth-order valence-electron chi connectivity index (χ4n) is 2.11. The zero-order chi connectivity index (χ0) is 11.4. The standard InChI is InChI=1S/C13H19NO2/c1-3-5-11(14-2)10-6-4-7-12-13(10)16-9-8-15-12/h4,6-7,11,14H,3,5,8-9H2,1-2H3. The Balaban J connectivity index is 2.31. The number of ether oxygens (including phenoxy) is 2. The lowest BCUT2D eigenvalue weighted by Gasteiger charge is -2.24. The van der Waals surface area contributed by atoms with Gasteiger partial charge in [0.15, 0.2) is 11.5 Å². The van der Waals surface area contributed by atoms with Crippen molar-refractivity contribution >= 4 is 0 Å². The lowest BCUT2D eigenvalue weighted by Crippen LogP contribution is -2.21. The molecule has 1 aromatic carbocycles. The summed E-state index contributed by atoms with van der Waals surface area (Å²) in [5.41, 5.74) is 1.21. The van der Waals surface area contributed by atoms with Gasteiger partial charge in [-0.15, -0.1) is 0 Å². The number of para-hydroxylation sites is 1. The van der Waals surface area contributed by atoms with Gasteiger partial charge in [0.05, 0.1) is 0 Å². The lowest BCUT2D eigenvalue weighted by atomic mass is 10.0. The third kappa shape index (κ3) is 2.14. The normalized spacial score (nSPS) is 15.9. The summed E-state index contributed by atoms with van der Waals surface area (Å²) in [7, 11) is 1.99. The largest absolute Gasteiger partial charge is 0.486 e. The number of hydrogen-bond donors (Lipinski definition) is 1. The zero-order valence-electron chi connectivity index (χ0n) is 9.95. The molecule has 1 aliphatic rings. The molecule has 0 aliphatic carbocycles. The minimum absolute atomic E-state index is 0.349. The fourth-order valence-corrected chi connectivity index (χ4v) is 2.11. The van der Waals surface area contributed by atoms with Crippen molar-refractivity contribution in [3.05, 3.63) is 23.8 Å². The average Bonchev–Trinajstić information content (AvgIpc) is 2.35. The monoisotopic (exact) mass is 221 g/mol. The Labute approximate surface area is 96.8 Å². The maximum Gasteiger partial charge on any atom is 0.166 e. The van der Waals surface area contributed by atoms with Gasteiger partial charge >= 0.3 is 0 Å². The SMILES string of the molecule is CCCC(NC)c1cccc2c1OCCO2. The van der Waals surface area contributed by atoms with Crippen LogP contribution >= 0.6 is 0 Å². The second kappa shape index (κ2) is 5.21. The van der Waals surface area contributed by atoms with Crippen molar-refractivity contribution in [1.82, 2.24) is 5.32 Å². The summed E-state index contributed by atoms with van der Waals surface area (Å²) in [6.07, 6.45) is 2.26. The minimum atomic E-state index is 0.349. The van der Waals surface area contributed by atoms with Crippen molar-refractivity contribution in [2.45, 2.75) is 25.8 Å². The van der Waals surface area contributed by atoms with Crippen LogP contribution in [0.25, 0.3) is 0 Å². The van der Waals surface area contributed by atoms with Crippen molar-refractivity contribution in [2.24, 2.45) is 0 Å². The molecule has 0 spiro atoms. The molecule has 1 N–H and O–H groups in total. The van der Waals surface area contributed by atoms with Crippen molar-refractivity contribution in [3.63, 3.8) is 0 Å². The van der Waals surface area contributed by atoms with Crippen LogP contribution in [0.1, 0.15) is 31.4 Å². The van der Waals surface area contributed by atoms with Crippen molar-refractivity contribution in [3.8, 4) is 11.5 Å². The number of hydrogen-bond acceptors (Lipinski definition) is 3. The van der Waals surface area contributed by atoms with E-state index in [9.17, 15) is 0 Å². The summed E-state index contributed by atoms with van der Waals surface area (Å²) >= 11 is 0. The fraction of sp³-hybridized carbons (Fsp3) is 0.538. The van der Waals surface area contributed by atoms with Crippen LogP contribution < -0.4 is 14.8 Å². The van der Waals surface area contributed by atoms with E-state index in [0.717, 1.165) is 24.3 Å². The highest BCUT2D eigenvalue weighted by molar-refractivity contribution is 5.48. The van der Waals surface area contributed by atoms with E-state index >= 15 is 0 Å². The smallest absolute Gasteiger partial charge is 0.166 e. The van der Waals surface area contributed by atoms with Gasteiger partial charge in [-0.05, 0) is 19.5 Å². The molecule has 3 nitrogen and oxygen atoms in total. The highest BCUT2D eigenvalue weighted by Gasteiger charge is 2.20. The number of benzene rings is 1. The van der Waals surface area contributed by atoms with Crippen LogP contribution in [-0.4, -0.2) is 20.3 Å². The Morgan fingerprint density at radius 1 is 1.31 bits per heavy atom. The molecule has 88 valence electrons. The molecule has 2 rings (SSSR count). The minimum Gasteiger partial charge on any atom is -0.486 e. The topological polar surface area (TPSA) is 30.5 Å². The summed E-state index contributed by atoms with van der Waals surface area (Å²) in [6.45, 7) is 3.48. The highest BCUT2D eigenvalue weighted by Crippen LogP contribution is 2.37. The van der Waals surface area contributed by atoms with E-state index in [1.54, 1.807) is 0 Å². The summed E-state index contributed by atoms with van der Waals surface area (Å²) in [5, 5.41) is 3.33. The molecular weight excluding hydrogens is 202 g/mol. The third-order valence-corrected chi connectivity index (χ3v) is 2.90. The van der Waals surface area contributed by atoms with Gasteiger partial charge < -0.3 is 14.8 Å². The maximum atomic E-state index is 5.72. The molecule has 0 saturated carbocycles. The Morgan fingerprint density at radius 2 is 2.12 bits per heavy atom. The Morgan fingerprint density at radius 3 is 2.88 bits per heavy atom. The first kappa shape index (κ1) is 11.3. The van der Waals surface area contributed by atoms with Crippen molar-refractivity contribution < 1.29 is 9.47 Å². The van der Waals surface area contributed by atoms with E-state index in [2.05, 4.69) is 18.3 Å². The van der Waals surface area contributed by atoms with Crippen LogP contribution in [-0.2, 0) is 0 Å². The van der Waals surface area contributed by atoms with E-state index in [1.165, 1.54) is 5.56 Å². The van der Waals surface area contributed by atoms with Crippen LogP contribution in [0.4, 0.5) is 0 Å². The van der Waals surface area contributed by atoms with Crippen LogP contribution in [0.3, 0.4) is 0 Å². The van der Waals surface area contributed by atoms with E-state index in [1.807, 2.05) is 19.2 Å². The molecule has 0 saturated heterocycles. The summed E-state index contributed by atoms with van der Waals surface area (Å²) in [4.78, 5) is 0. The maximum absolute atomic E-state index is 5.72. The van der Waals surface area contributed by atoms with Gasteiger partial charge in [-0.2, -0.15) is 0 Å². The molecule has 1 heterocycles. The molecule has 0 aromatic heterocycles. The van der Waals surface area contributed by atoms with Gasteiger partial charge in [0.2, 0.25) is 0 Å². The number of rotatable bonds is 4. The Kier molecular flexibility index (Phi) is 3.67. The van der Waals surface area contributed by atoms with E-state index in [4.69, 9.17) is 9.47 Å². The number of fused-ring (bicyclic) bond motifs is 1. The van der Waals surface area contributed by atoms with Crippen LogP contribution in [0, 0.1) is 0 Å². The molecule has 0 radical (unpaired) electrons. The first-order valence-electron chi connectivity index (χ1n) is 5.92. The average molecular weight is 221 g/mol. The summed E-state index contributed by atoms with van der Waals surface area (Å²) in [5.74, 6) is 1.79. The summed E-state index contributed by atoms with van der Waals surface area (Å²) in [6, 6.07) is 6.46. The molecule has 0 fully saturated rings. The van der Waals surface area contributed by atoms with Crippen LogP contribution in [0.15, 0.2) is 18.2 Å². The van der Waals surface area contributed by atoms with Crippen LogP contribution in [0.2, 0.25) is 0 Å².